The lowest BCUT2D eigenvalue weighted by Gasteiger charge is -2.21. The lowest BCUT2D eigenvalue weighted by molar-refractivity contribution is 0.111. The summed E-state index contributed by atoms with van der Waals surface area (Å²) in [6.07, 6.45) is 4.02. The van der Waals surface area contributed by atoms with Crippen molar-refractivity contribution in [2.45, 2.75) is 6.42 Å². The number of thiazole rings is 1. The van der Waals surface area contributed by atoms with Gasteiger partial charge in [0.1, 0.15) is 5.69 Å². The Morgan fingerprint density at radius 1 is 1.63 bits per heavy atom. The van der Waals surface area contributed by atoms with E-state index < -0.39 is 0 Å². The van der Waals surface area contributed by atoms with Gasteiger partial charge in [0, 0.05) is 31.7 Å². The van der Waals surface area contributed by atoms with E-state index in [0.717, 1.165) is 36.7 Å². The average Bonchev–Trinajstić information content (AvgIpc) is 3.03. The number of carbonyl (C=O) groups excluding carboxylic acids is 1. The summed E-state index contributed by atoms with van der Waals surface area (Å²) in [6.45, 7) is 3.25. The molecule has 0 radical (unpaired) electrons. The number of carbonyl (C=O) groups is 1. The van der Waals surface area contributed by atoms with Crippen molar-refractivity contribution in [1.29, 1.82) is 0 Å². The minimum absolute atomic E-state index is 0.658. The van der Waals surface area contributed by atoms with E-state index in [1.165, 1.54) is 6.42 Å². The minimum Gasteiger partial charge on any atom is -0.357 e. The van der Waals surface area contributed by atoms with Gasteiger partial charge in [0.25, 0.3) is 0 Å². The summed E-state index contributed by atoms with van der Waals surface area (Å²) in [5.41, 5.74) is 0.658. The molecule has 0 aliphatic carbocycles. The third kappa shape index (κ3) is 2.26. The Kier molecular flexibility index (Phi) is 3.28. The van der Waals surface area contributed by atoms with Gasteiger partial charge in [-0.15, -0.1) is 11.3 Å². The number of fused-ring (bicyclic) bond motifs is 1. The third-order valence-electron chi connectivity index (χ3n) is 3.77. The molecule has 102 valence electrons. The highest BCUT2D eigenvalue weighted by atomic mass is 32.1. The van der Waals surface area contributed by atoms with Crippen LogP contribution >= 0.6 is 11.3 Å². The molecule has 0 saturated carbocycles. The maximum absolute atomic E-state index is 11.3. The van der Waals surface area contributed by atoms with Crippen LogP contribution < -0.4 is 4.90 Å². The highest BCUT2D eigenvalue weighted by Crippen LogP contribution is 2.24. The number of rotatable bonds is 4. The van der Waals surface area contributed by atoms with E-state index in [1.807, 2.05) is 23.0 Å². The second kappa shape index (κ2) is 4.94. The van der Waals surface area contributed by atoms with E-state index in [1.54, 1.807) is 11.3 Å². The second-order valence-electron chi connectivity index (χ2n) is 5.29. The first-order chi connectivity index (χ1) is 9.19. The van der Waals surface area contributed by atoms with Crippen molar-refractivity contribution >= 4 is 28.4 Å². The monoisotopic (exact) mass is 278 g/mol. The van der Waals surface area contributed by atoms with Crippen LogP contribution in [0.3, 0.4) is 0 Å². The van der Waals surface area contributed by atoms with Crippen molar-refractivity contribution in [3.05, 3.63) is 17.3 Å². The summed E-state index contributed by atoms with van der Waals surface area (Å²) in [4.78, 5) is 21.2. The van der Waals surface area contributed by atoms with Crippen LogP contribution in [0.5, 0.6) is 0 Å². The number of aldehydes is 1. The molecule has 1 fully saturated rings. The predicted octanol–water partition coefficient (Wildman–Crippen LogP) is 1.60. The van der Waals surface area contributed by atoms with Crippen molar-refractivity contribution in [3.8, 4) is 0 Å². The van der Waals surface area contributed by atoms with Gasteiger partial charge in [-0.2, -0.15) is 0 Å². The number of hydrogen-bond donors (Lipinski definition) is 0. The zero-order chi connectivity index (χ0) is 13.4. The molecule has 2 aromatic rings. The number of nitrogens with zero attached hydrogens (tertiary/aromatic N) is 4. The summed E-state index contributed by atoms with van der Waals surface area (Å²) in [5, 5.41) is 1.95. The first kappa shape index (κ1) is 12.6. The van der Waals surface area contributed by atoms with Crippen molar-refractivity contribution < 1.29 is 4.79 Å². The zero-order valence-electron chi connectivity index (χ0n) is 11.2. The molecule has 19 heavy (non-hydrogen) atoms. The van der Waals surface area contributed by atoms with Crippen molar-refractivity contribution in [2.75, 3.05) is 38.6 Å². The van der Waals surface area contributed by atoms with E-state index in [0.29, 0.717) is 11.6 Å². The summed E-state index contributed by atoms with van der Waals surface area (Å²) in [7, 11) is 4.18. The predicted molar refractivity (Wildman–Crippen MR) is 77.3 cm³/mol. The van der Waals surface area contributed by atoms with Gasteiger partial charge in [0.05, 0.1) is 0 Å². The van der Waals surface area contributed by atoms with E-state index >= 15 is 0 Å². The summed E-state index contributed by atoms with van der Waals surface area (Å²) >= 11 is 1.56. The molecule has 1 unspecified atom stereocenters. The quantitative estimate of drug-likeness (QED) is 0.797. The van der Waals surface area contributed by atoms with Gasteiger partial charge in [-0.05, 0) is 25.9 Å². The lowest BCUT2D eigenvalue weighted by atomic mass is 10.1. The van der Waals surface area contributed by atoms with Gasteiger partial charge in [-0.3, -0.25) is 9.20 Å². The molecule has 1 atom stereocenters. The van der Waals surface area contributed by atoms with Crippen molar-refractivity contribution in [1.82, 2.24) is 14.3 Å². The SMILES string of the molecule is CN1CCC(CN(C)c2nc3sccn3c2C=O)C1. The molecule has 0 aromatic carbocycles. The summed E-state index contributed by atoms with van der Waals surface area (Å²) < 4.78 is 1.87. The Morgan fingerprint density at radius 2 is 2.47 bits per heavy atom. The Balaban J connectivity index is 1.82. The maximum atomic E-state index is 11.3. The molecule has 1 saturated heterocycles. The highest BCUT2D eigenvalue weighted by Gasteiger charge is 2.23. The molecule has 0 bridgehead atoms. The molecule has 1 aliphatic rings. The molecule has 3 rings (SSSR count). The van der Waals surface area contributed by atoms with Crippen LogP contribution in [0.25, 0.3) is 4.96 Å². The van der Waals surface area contributed by atoms with Gasteiger partial charge in [0.15, 0.2) is 17.1 Å². The number of anilines is 1. The van der Waals surface area contributed by atoms with Crippen LogP contribution in [0, 0.1) is 5.92 Å². The van der Waals surface area contributed by atoms with Gasteiger partial charge in [0.2, 0.25) is 0 Å². The Hall–Kier alpha value is -1.40. The maximum Gasteiger partial charge on any atom is 0.196 e. The van der Waals surface area contributed by atoms with E-state index in [2.05, 4.69) is 21.8 Å². The Morgan fingerprint density at radius 3 is 3.16 bits per heavy atom. The fraction of sp³-hybridized carbons (Fsp3) is 0.538. The third-order valence-corrected chi connectivity index (χ3v) is 4.53. The molecular weight excluding hydrogens is 260 g/mol. The zero-order valence-corrected chi connectivity index (χ0v) is 12.1. The standard InChI is InChI=1S/C13H18N4OS/c1-15-4-3-10(7-15)8-16(2)12-11(9-18)17-5-6-19-13(17)14-12/h5-6,9-10H,3-4,7-8H2,1-2H3. The molecule has 2 aromatic heterocycles. The molecule has 0 N–H and O–H groups in total. The smallest absolute Gasteiger partial charge is 0.196 e. The summed E-state index contributed by atoms with van der Waals surface area (Å²) in [5.74, 6) is 1.46. The van der Waals surface area contributed by atoms with E-state index in [4.69, 9.17) is 0 Å². The first-order valence-corrected chi connectivity index (χ1v) is 7.37. The normalized spacial score (nSPS) is 20.2. The Bertz CT molecular complexity index is 590. The summed E-state index contributed by atoms with van der Waals surface area (Å²) in [6, 6.07) is 0. The van der Waals surface area contributed by atoms with Crippen molar-refractivity contribution in [2.24, 2.45) is 5.92 Å². The number of likely N-dealkylation sites (tertiary alicyclic amines) is 1. The van der Waals surface area contributed by atoms with Crippen LogP contribution in [0.15, 0.2) is 11.6 Å². The first-order valence-electron chi connectivity index (χ1n) is 6.49. The van der Waals surface area contributed by atoms with Crippen molar-refractivity contribution in [3.63, 3.8) is 0 Å². The average molecular weight is 278 g/mol. The number of aromatic nitrogens is 2. The van der Waals surface area contributed by atoms with Crippen LogP contribution in [-0.4, -0.2) is 54.3 Å². The molecule has 1 aliphatic heterocycles. The van der Waals surface area contributed by atoms with Gasteiger partial charge in [-0.1, -0.05) is 0 Å². The minimum atomic E-state index is 0.658. The molecule has 0 amide bonds. The largest absolute Gasteiger partial charge is 0.357 e. The molecule has 3 heterocycles. The van der Waals surface area contributed by atoms with Gasteiger partial charge >= 0.3 is 0 Å². The molecular formula is C13H18N4OS. The molecule has 5 nitrogen and oxygen atoms in total. The fourth-order valence-corrected chi connectivity index (χ4v) is 3.55. The molecule has 6 heteroatoms. The van der Waals surface area contributed by atoms with Crippen LogP contribution in [-0.2, 0) is 0 Å². The Labute approximate surface area is 116 Å². The van der Waals surface area contributed by atoms with Gasteiger partial charge < -0.3 is 9.80 Å². The van der Waals surface area contributed by atoms with Crippen LogP contribution in [0.1, 0.15) is 16.9 Å². The van der Waals surface area contributed by atoms with E-state index in [9.17, 15) is 4.79 Å². The topological polar surface area (TPSA) is 40.9 Å². The van der Waals surface area contributed by atoms with Crippen LogP contribution in [0.4, 0.5) is 5.82 Å². The number of imidazole rings is 1. The molecule has 0 spiro atoms. The highest BCUT2D eigenvalue weighted by molar-refractivity contribution is 7.15. The van der Waals surface area contributed by atoms with Crippen LogP contribution in [0.2, 0.25) is 0 Å². The lowest BCUT2D eigenvalue weighted by Crippen LogP contribution is -2.28. The fourth-order valence-electron chi connectivity index (χ4n) is 2.83. The number of hydrogen-bond acceptors (Lipinski definition) is 5. The van der Waals surface area contributed by atoms with Gasteiger partial charge in [-0.25, -0.2) is 4.98 Å². The second-order valence-corrected chi connectivity index (χ2v) is 6.16. The van der Waals surface area contributed by atoms with E-state index in [-0.39, 0.29) is 0 Å².